The second-order valence-corrected chi connectivity index (χ2v) is 13.2. The number of nitrogens with zero attached hydrogens (tertiary/aromatic N) is 3. The molecule has 0 bridgehead atoms. The fourth-order valence-corrected chi connectivity index (χ4v) is 7.34. The van der Waals surface area contributed by atoms with Crippen molar-refractivity contribution in [3.63, 3.8) is 0 Å². The number of rotatable bonds is 10. The fourth-order valence-electron chi connectivity index (χ4n) is 5.56. The molecule has 1 saturated heterocycles. The molecule has 2 aromatic heterocycles. The quantitative estimate of drug-likeness (QED) is 0.207. The molecule has 0 spiro atoms. The molecule has 6 nitrogen and oxygen atoms in total. The van der Waals surface area contributed by atoms with Crippen LogP contribution in [0.2, 0.25) is 0 Å². The summed E-state index contributed by atoms with van der Waals surface area (Å²) < 4.78 is 49.5. The number of benzene rings is 2. The molecule has 0 radical (unpaired) electrons. The number of fused-ring (bicyclic) bond motifs is 1. The zero-order valence-corrected chi connectivity index (χ0v) is 25.0. The second kappa shape index (κ2) is 12.8. The largest absolute Gasteiger partial charge is 0.494 e. The molecule has 1 aliphatic rings. The van der Waals surface area contributed by atoms with Crippen molar-refractivity contribution < 1.29 is 17.5 Å². The predicted octanol–water partition coefficient (Wildman–Crippen LogP) is 6.32. The van der Waals surface area contributed by atoms with Gasteiger partial charge in [0, 0.05) is 44.1 Å². The van der Waals surface area contributed by atoms with Crippen LogP contribution in [0.1, 0.15) is 49.3 Å². The van der Waals surface area contributed by atoms with E-state index in [9.17, 15) is 12.8 Å². The number of hydrogen-bond acceptors (Lipinski definition) is 5. The van der Waals surface area contributed by atoms with Crippen LogP contribution in [0.3, 0.4) is 0 Å². The molecule has 0 saturated carbocycles. The van der Waals surface area contributed by atoms with Crippen LogP contribution < -0.4 is 4.74 Å². The van der Waals surface area contributed by atoms with Gasteiger partial charge in [0.25, 0.3) is 0 Å². The van der Waals surface area contributed by atoms with Gasteiger partial charge in [-0.2, -0.15) is 0 Å². The molecule has 0 amide bonds. The Hall–Kier alpha value is -3.20. The van der Waals surface area contributed by atoms with E-state index in [0.717, 1.165) is 62.3 Å². The lowest BCUT2D eigenvalue weighted by molar-refractivity contribution is 0.228. The minimum atomic E-state index is -3.69. The van der Waals surface area contributed by atoms with E-state index in [0.29, 0.717) is 29.3 Å². The summed E-state index contributed by atoms with van der Waals surface area (Å²) in [4.78, 5) is 5.42. The Morgan fingerprint density at radius 2 is 1.71 bits per heavy atom. The first-order chi connectivity index (χ1) is 19.7. The summed E-state index contributed by atoms with van der Waals surface area (Å²) in [6.45, 7) is 11.9. The van der Waals surface area contributed by atoms with Crippen molar-refractivity contribution in [2.24, 2.45) is 0 Å². The third-order valence-electron chi connectivity index (χ3n) is 7.86. The van der Waals surface area contributed by atoms with Gasteiger partial charge in [-0.15, -0.1) is 0 Å². The summed E-state index contributed by atoms with van der Waals surface area (Å²) in [5, 5.41) is 0. The molecule has 1 fully saturated rings. The van der Waals surface area contributed by atoms with Crippen LogP contribution in [0.5, 0.6) is 5.75 Å². The van der Waals surface area contributed by atoms with Gasteiger partial charge in [-0.3, -0.25) is 4.90 Å². The average Bonchev–Trinajstić information content (AvgIpc) is 3.22. The van der Waals surface area contributed by atoms with Gasteiger partial charge in [0.05, 0.1) is 17.0 Å². The SMILES string of the molecule is Cc1ccc(CN2CCCN(CCCOc3ccc(S(=O)(=O)c4c(C(C)C)cn5ccccc45)cc3)CC2)c(F)c1. The first kappa shape index (κ1) is 29.3. The molecule has 41 heavy (non-hydrogen) atoms. The first-order valence-electron chi connectivity index (χ1n) is 14.5. The number of ether oxygens (including phenoxy) is 1. The standard InChI is InChI=1S/C33H40FN3O3S/c1-25(2)30-24-37-18-5-4-8-32(37)33(30)41(38,39)29-13-11-28(12-14-29)40-21-7-17-35-15-6-16-36(20-19-35)23-27-10-9-26(3)22-31(27)34/h4-5,8-14,18,22,24-25H,6-7,15-17,19-21,23H2,1-3H3. The molecule has 5 rings (SSSR count). The molecule has 1 aliphatic heterocycles. The molecule has 0 N–H and O–H groups in total. The van der Waals surface area contributed by atoms with Crippen LogP contribution in [-0.2, 0) is 16.4 Å². The lowest BCUT2D eigenvalue weighted by Gasteiger charge is -2.22. The molecule has 8 heteroatoms. The molecular weight excluding hydrogens is 537 g/mol. The molecule has 0 atom stereocenters. The number of sulfone groups is 1. The monoisotopic (exact) mass is 577 g/mol. The number of halogens is 1. The molecule has 2 aromatic carbocycles. The van der Waals surface area contributed by atoms with Gasteiger partial charge >= 0.3 is 0 Å². The normalized spacial score (nSPS) is 15.4. The molecule has 218 valence electrons. The second-order valence-electron chi connectivity index (χ2n) is 11.3. The molecule has 0 unspecified atom stereocenters. The van der Waals surface area contributed by atoms with E-state index in [1.807, 2.05) is 67.9 Å². The van der Waals surface area contributed by atoms with Gasteiger partial charge in [0.2, 0.25) is 9.84 Å². The van der Waals surface area contributed by atoms with Crippen molar-refractivity contribution >= 4 is 15.4 Å². The number of hydrogen-bond donors (Lipinski definition) is 0. The summed E-state index contributed by atoms with van der Waals surface area (Å²) >= 11 is 0. The average molecular weight is 578 g/mol. The van der Waals surface area contributed by atoms with Crippen LogP contribution in [0, 0.1) is 12.7 Å². The lowest BCUT2D eigenvalue weighted by Crippen LogP contribution is -2.31. The van der Waals surface area contributed by atoms with E-state index in [2.05, 4.69) is 9.80 Å². The Bertz CT molecular complexity index is 1580. The summed E-state index contributed by atoms with van der Waals surface area (Å²) in [6, 6.07) is 17.9. The van der Waals surface area contributed by atoms with Crippen LogP contribution in [0.25, 0.3) is 5.52 Å². The molecule has 3 heterocycles. The number of aryl methyl sites for hydroxylation is 1. The number of aromatic nitrogens is 1. The Labute approximate surface area is 243 Å². The van der Waals surface area contributed by atoms with Crippen molar-refractivity contribution in [3.05, 3.63) is 95.6 Å². The molecular formula is C33H40FN3O3S. The summed E-state index contributed by atoms with van der Waals surface area (Å²) in [5.41, 5.74) is 3.21. The summed E-state index contributed by atoms with van der Waals surface area (Å²) in [5.74, 6) is 0.621. The van der Waals surface area contributed by atoms with Gasteiger partial charge in [-0.05, 0) is 92.4 Å². The zero-order chi connectivity index (χ0) is 29.0. The fraction of sp³-hybridized carbons (Fsp3) is 0.394. The Balaban J connectivity index is 1.13. The van der Waals surface area contributed by atoms with Crippen molar-refractivity contribution in [1.29, 1.82) is 0 Å². The highest BCUT2D eigenvalue weighted by Crippen LogP contribution is 2.34. The highest BCUT2D eigenvalue weighted by molar-refractivity contribution is 7.91. The zero-order valence-electron chi connectivity index (χ0n) is 24.2. The molecule has 4 aromatic rings. The third kappa shape index (κ3) is 6.83. The van der Waals surface area contributed by atoms with Gasteiger partial charge in [0.15, 0.2) is 0 Å². The third-order valence-corrected chi connectivity index (χ3v) is 9.73. The highest BCUT2D eigenvalue weighted by Gasteiger charge is 2.27. The van der Waals surface area contributed by atoms with Gasteiger partial charge in [-0.25, -0.2) is 12.8 Å². The summed E-state index contributed by atoms with van der Waals surface area (Å²) in [6.07, 6.45) is 5.72. The van der Waals surface area contributed by atoms with Crippen molar-refractivity contribution in [2.45, 2.75) is 55.9 Å². The van der Waals surface area contributed by atoms with Crippen LogP contribution in [0.15, 0.2) is 82.8 Å². The van der Waals surface area contributed by atoms with E-state index < -0.39 is 9.84 Å². The smallest absolute Gasteiger partial charge is 0.209 e. The maximum absolute atomic E-state index is 14.3. The van der Waals surface area contributed by atoms with E-state index in [-0.39, 0.29) is 16.6 Å². The Morgan fingerprint density at radius 1 is 0.951 bits per heavy atom. The lowest BCUT2D eigenvalue weighted by atomic mass is 10.1. The van der Waals surface area contributed by atoms with E-state index in [1.165, 1.54) is 0 Å². The maximum atomic E-state index is 14.3. The van der Waals surface area contributed by atoms with Crippen LogP contribution >= 0.6 is 0 Å². The number of pyridine rings is 1. The van der Waals surface area contributed by atoms with Crippen LogP contribution in [-0.4, -0.2) is 61.9 Å². The minimum Gasteiger partial charge on any atom is -0.494 e. The van der Waals surface area contributed by atoms with E-state index in [1.54, 1.807) is 30.3 Å². The highest BCUT2D eigenvalue weighted by atomic mass is 32.2. The minimum absolute atomic E-state index is 0.0748. The summed E-state index contributed by atoms with van der Waals surface area (Å²) in [7, 11) is -3.69. The van der Waals surface area contributed by atoms with E-state index >= 15 is 0 Å². The van der Waals surface area contributed by atoms with Crippen molar-refractivity contribution in [2.75, 3.05) is 39.3 Å². The maximum Gasteiger partial charge on any atom is 0.209 e. The predicted molar refractivity (Wildman–Crippen MR) is 161 cm³/mol. The Morgan fingerprint density at radius 3 is 2.46 bits per heavy atom. The van der Waals surface area contributed by atoms with Gasteiger partial charge in [-0.1, -0.05) is 32.0 Å². The van der Waals surface area contributed by atoms with E-state index in [4.69, 9.17) is 4.74 Å². The molecule has 0 aliphatic carbocycles. The first-order valence-corrected chi connectivity index (χ1v) is 16.0. The van der Waals surface area contributed by atoms with Crippen molar-refractivity contribution in [3.8, 4) is 5.75 Å². The Kier molecular flexibility index (Phi) is 9.12. The van der Waals surface area contributed by atoms with Gasteiger partial charge in [0.1, 0.15) is 16.5 Å². The van der Waals surface area contributed by atoms with Crippen molar-refractivity contribution in [1.82, 2.24) is 14.2 Å². The van der Waals surface area contributed by atoms with Gasteiger partial charge < -0.3 is 14.0 Å². The topological polar surface area (TPSA) is 54.3 Å². The van der Waals surface area contributed by atoms with Crippen LogP contribution in [0.4, 0.5) is 4.39 Å².